The van der Waals surface area contributed by atoms with E-state index in [1.54, 1.807) is 39.0 Å². The molecule has 1 unspecified atom stereocenters. The van der Waals surface area contributed by atoms with Gasteiger partial charge in [-0.1, -0.05) is 30.3 Å². The largest absolute Gasteiger partial charge is 0.467 e. The van der Waals surface area contributed by atoms with Crippen molar-refractivity contribution in [3.8, 4) is 11.1 Å². The first-order valence-corrected chi connectivity index (χ1v) is 12.9. The minimum Gasteiger partial charge on any atom is -0.467 e. The Kier molecular flexibility index (Phi) is 10.5. The van der Waals surface area contributed by atoms with Crippen LogP contribution < -0.4 is 21.9 Å². The second kappa shape index (κ2) is 13.1. The Morgan fingerprint density at radius 2 is 1.68 bits per heavy atom. The number of ether oxygens (including phenoxy) is 2. The molecule has 0 bridgehead atoms. The smallest absolute Gasteiger partial charge is 0.426 e. The van der Waals surface area contributed by atoms with Crippen LogP contribution in [0.5, 0.6) is 0 Å². The third-order valence-electron chi connectivity index (χ3n) is 5.16. The van der Waals surface area contributed by atoms with Crippen LogP contribution >= 0.6 is 11.8 Å². The summed E-state index contributed by atoms with van der Waals surface area (Å²) < 4.78 is 9.93. The van der Waals surface area contributed by atoms with Crippen LogP contribution in [0.4, 0.5) is 10.5 Å². The number of anilines is 1. The van der Waals surface area contributed by atoms with E-state index in [-0.39, 0.29) is 18.5 Å². The summed E-state index contributed by atoms with van der Waals surface area (Å²) in [6, 6.07) is 14.0. The van der Waals surface area contributed by atoms with E-state index in [1.807, 2.05) is 36.6 Å². The fourth-order valence-electron chi connectivity index (χ4n) is 3.35. The molecule has 0 spiro atoms. The summed E-state index contributed by atoms with van der Waals surface area (Å²) in [7, 11) is 1.20. The molecule has 0 saturated heterocycles. The van der Waals surface area contributed by atoms with Gasteiger partial charge in [0.25, 0.3) is 5.91 Å². The standard InChI is InChI=1S/C26H34N4O6S/c1-25(2,3)36-24(34)30-29-21(31)16-28-18-11-12-19(20(15-18)17-9-7-6-8-10-17)22(32)26(27,13-14-37-5)23(33)35-4/h6-12,15,28H,13-14,16,27H2,1-5H3,(H,29,31)(H,30,34). The molecule has 2 rings (SSSR count). The molecule has 200 valence electrons. The lowest BCUT2D eigenvalue weighted by molar-refractivity contribution is -0.145. The van der Waals surface area contributed by atoms with Gasteiger partial charge in [-0.3, -0.25) is 15.0 Å². The zero-order chi connectivity index (χ0) is 27.6. The number of Topliss-reactive ketones (excluding diaryl/α,β-unsaturated/α-hetero) is 1. The van der Waals surface area contributed by atoms with E-state index in [0.29, 0.717) is 17.0 Å². The maximum Gasteiger partial charge on any atom is 0.426 e. The van der Waals surface area contributed by atoms with Crippen LogP contribution in [0.1, 0.15) is 37.6 Å². The van der Waals surface area contributed by atoms with E-state index in [0.717, 1.165) is 5.56 Å². The number of rotatable bonds is 10. The maximum absolute atomic E-state index is 13.6. The fourth-order valence-corrected chi connectivity index (χ4v) is 3.88. The van der Waals surface area contributed by atoms with Crippen LogP contribution in [-0.2, 0) is 19.1 Å². The summed E-state index contributed by atoms with van der Waals surface area (Å²) >= 11 is 1.47. The van der Waals surface area contributed by atoms with Gasteiger partial charge in [0.05, 0.1) is 13.7 Å². The number of esters is 1. The first-order chi connectivity index (χ1) is 17.4. The van der Waals surface area contributed by atoms with Gasteiger partial charge >= 0.3 is 12.1 Å². The lowest BCUT2D eigenvalue weighted by atomic mass is 9.84. The summed E-state index contributed by atoms with van der Waals surface area (Å²) in [5, 5.41) is 2.96. The van der Waals surface area contributed by atoms with Gasteiger partial charge in [0, 0.05) is 11.3 Å². The second-order valence-corrected chi connectivity index (χ2v) is 10.2. The third kappa shape index (κ3) is 8.50. The highest BCUT2D eigenvalue weighted by Gasteiger charge is 2.44. The Balaban J connectivity index is 2.27. The summed E-state index contributed by atoms with van der Waals surface area (Å²) in [6.07, 6.45) is 1.18. The molecule has 0 saturated carbocycles. The van der Waals surface area contributed by atoms with Crippen molar-refractivity contribution in [3.63, 3.8) is 0 Å². The number of thioether (sulfide) groups is 1. The molecule has 5 N–H and O–H groups in total. The van der Waals surface area contributed by atoms with Gasteiger partial charge in [-0.15, -0.1) is 0 Å². The normalized spacial score (nSPS) is 12.6. The summed E-state index contributed by atoms with van der Waals surface area (Å²) in [5.41, 5.74) is 10.3. The number of benzene rings is 2. The van der Waals surface area contributed by atoms with Crippen molar-refractivity contribution in [2.75, 3.05) is 31.0 Å². The number of carbonyl (C=O) groups excluding carboxylic acids is 4. The van der Waals surface area contributed by atoms with Crippen LogP contribution in [0.2, 0.25) is 0 Å². The number of amides is 2. The molecule has 0 radical (unpaired) electrons. The van der Waals surface area contributed by atoms with Gasteiger partial charge in [-0.25, -0.2) is 15.0 Å². The molecule has 0 heterocycles. The van der Waals surface area contributed by atoms with Crippen molar-refractivity contribution < 1.29 is 28.7 Å². The molecule has 11 heteroatoms. The van der Waals surface area contributed by atoms with Gasteiger partial charge in [0.15, 0.2) is 11.3 Å². The third-order valence-corrected chi connectivity index (χ3v) is 5.77. The molecule has 2 aromatic carbocycles. The van der Waals surface area contributed by atoms with Crippen molar-refractivity contribution in [2.45, 2.75) is 38.3 Å². The van der Waals surface area contributed by atoms with Gasteiger partial charge in [0.1, 0.15) is 5.60 Å². The Morgan fingerprint density at radius 3 is 2.27 bits per heavy atom. The topological polar surface area (TPSA) is 149 Å². The van der Waals surface area contributed by atoms with E-state index in [9.17, 15) is 19.2 Å². The van der Waals surface area contributed by atoms with Crippen LogP contribution in [0.25, 0.3) is 11.1 Å². The minimum atomic E-state index is -1.84. The molecule has 0 fully saturated rings. The number of methoxy groups -OCH3 is 1. The molecular formula is C26H34N4O6S. The molecule has 2 aromatic rings. The van der Waals surface area contributed by atoms with Crippen molar-refractivity contribution in [1.29, 1.82) is 0 Å². The van der Waals surface area contributed by atoms with Crippen LogP contribution in [0.15, 0.2) is 48.5 Å². The lowest BCUT2D eigenvalue weighted by Gasteiger charge is -2.26. The number of ketones is 1. The zero-order valence-corrected chi connectivity index (χ0v) is 22.5. The first kappa shape index (κ1) is 29.7. The zero-order valence-electron chi connectivity index (χ0n) is 21.7. The Hall–Kier alpha value is -3.57. The fraction of sp³-hybridized carbons (Fsp3) is 0.385. The second-order valence-electron chi connectivity index (χ2n) is 9.19. The molecule has 10 nitrogen and oxygen atoms in total. The quantitative estimate of drug-likeness (QED) is 0.157. The molecule has 0 aliphatic rings. The van der Waals surface area contributed by atoms with Crippen molar-refractivity contribution in [2.24, 2.45) is 5.73 Å². The Labute approximate surface area is 221 Å². The molecule has 0 aliphatic carbocycles. The number of hydrogen-bond acceptors (Lipinski definition) is 9. The van der Waals surface area contributed by atoms with Crippen LogP contribution in [-0.4, -0.2) is 60.6 Å². The maximum atomic E-state index is 13.6. The average Bonchev–Trinajstić information content (AvgIpc) is 2.87. The number of hydrogen-bond donors (Lipinski definition) is 4. The van der Waals surface area contributed by atoms with E-state index < -0.39 is 34.9 Å². The average molecular weight is 531 g/mol. The number of carbonyl (C=O) groups is 4. The monoisotopic (exact) mass is 530 g/mol. The number of nitrogens with two attached hydrogens (primary N) is 1. The van der Waals surface area contributed by atoms with E-state index in [1.165, 1.54) is 18.9 Å². The highest BCUT2D eigenvalue weighted by Crippen LogP contribution is 2.31. The van der Waals surface area contributed by atoms with E-state index in [4.69, 9.17) is 15.2 Å². The highest BCUT2D eigenvalue weighted by molar-refractivity contribution is 7.98. The van der Waals surface area contributed by atoms with E-state index >= 15 is 0 Å². The summed E-state index contributed by atoms with van der Waals surface area (Å²) in [4.78, 5) is 50.1. The summed E-state index contributed by atoms with van der Waals surface area (Å²) in [5.74, 6) is -1.39. The molecule has 2 amide bonds. The Morgan fingerprint density at radius 1 is 1.00 bits per heavy atom. The molecular weight excluding hydrogens is 496 g/mol. The number of hydrazine groups is 1. The first-order valence-electron chi connectivity index (χ1n) is 11.5. The van der Waals surface area contributed by atoms with Crippen molar-refractivity contribution >= 4 is 41.2 Å². The molecule has 0 aliphatic heterocycles. The van der Waals surface area contributed by atoms with Gasteiger partial charge in [-0.2, -0.15) is 11.8 Å². The predicted octanol–water partition coefficient (Wildman–Crippen LogP) is 3.13. The molecule has 1 atom stereocenters. The van der Waals surface area contributed by atoms with E-state index in [2.05, 4.69) is 16.2 Å². The molecule has 0 aromatic heterocycles. The van der Waals surface area contributed by atoms with Crippen molar-refractivity contribution in [1.82, 2.24) is 10.9 Å². The predicted molar refractivity (Wildman–Crippen MR) is 144 cm³/mol. The van der Waals surface area contributed by atoms with Crippen molar-refractivity contribution in [3.05, 3.63) is 54.1 Å². The lowest BCUT2D eigenvalue weighted by Crippen LogP contribution is -2.56. The highest BCUT2D eigenvalue weighted by atomic mass is 32.2. The van der Waals surface area contributed by atoms with Crippen LogP contribution in [0, 0.1) is 0 Å². The Bertz CT molecular complexity index is 1120. The van der Waals surface area contributed by atoms with Crippen LogP contribution in [0.3, 0.4) is 0 Å². The molecule has 37 heavy (non-hydrogen) atoms. The minimum absolute atomic E-state index is 0.110. The van der Waals surface area contributed by atoms with Gasteiger partial charge in [-0.05, 0) is 68.5 Å². The van der Waals surface area contributed by atoms with Gasteiger partial charge < -0.3 is 20.5 Å². The number of nitrogens with one attached hydrogen (secondary N) is 3. The SMILES string of the molecule is COC(=O)C(N)(CCSC)C(=O)c1ccc(NCC(=O)NNC(=O)OC(C)(C)C)cc1-c1ccccc1. The van der Waals surface area contributed by atoms with Gasteiger partial charge in [0.2, 0.25) is 0 Å². The summed E-state index contributed by atoms with van der Waals surface area (Å²) in [6.45, 7) is 4.94.